The highest BCUT2D eigenvalue weighted by Gasteiger charge is 2.24. The molecule has 2 rings (SSSR count). The van der Waals surface area contributed by atoms with E-state index in [2.05, 4.69) is 10.3 Å². The van der Waals surface area contributed by atoms with Gasteiger partial charge in [-0.1, -0.05) is 43.3 Å². The van der Waals surface area contributed by atoms with Gasteiger partial charge in [-0.3, -0.25) is 14.6 Å². The van der Waals surface area contributed by atoms with E-state index in [0.717, 1.165) is 11.1 Å². The molecule has 0 unspecified atom stereocenters. The average molecular weight is 325 g/mol. The summed E-state index contributed by atoms with van der Waals surface area (Å²) in [6.45, 7) is 4.39. The van der Waals surface area contributed by atoms with Crippen LogP contribution < -0.4 is 5.32 Å². The van der Waals surface area contributed by atoms with Gasteiger partial charge in [0, 0.05) is 31.9 Å². The number of carbonyl (C=O) groups is 2. The number of hydrogen-bond acceptors (Lipinski definition) is 3. The zero-order valence-electron chi connectivity index (χ0n) is 14.1. The molecule has 5 nitrogen and oxygen atoms in total. The van der Waals surface area contributed by atoms with Crippen molar-refractivity contribution in [2.75, 3.05) is 0 Å². The molecule has 0 fully saturated rings. The highest BCUT2D eigenvalue weighted by atomic mass is 16.2. The Balaban J connectivity index is 2.02. The van der Waals surface area contributed by atoms with Crippen molar-refractivity contribution in [3.05, 3.63) is 66.0 Å². The highest BCUT2D eigenvalue weighted by Crippen LogP contribution is 2.11. The molecule has 1 atom stereocenters. The maximum Gasteiger partial charge on any atom is 0.242 e. The molecule has 0 radical (unpaired) electrons. The van der Waals surface area contributed by atoms with E-state index in [1.54, 1.807) is 31.1 Å². The van der Waals surface area contributed by atoms with Crippen LogP contribution in [0.5, 0.6) is 0 Å². The van der Waals surface area contributed by atoms with Crippen molar-refractivity contribution in [2.24, 2.45) is 0 Å². The fraction of sp³-hybridized carbons (Fsp3) is 0.316. The zero-order valence-corrected chi connectivity index (χ0v) is 14.1. The van der Waals surface area contributed by atoms with Crippen LogP contribution in [0.3, 0.4) is 0 Å². The first-order chi connectivity index (χ1) is 11.6. The summed E-state index contributed by atoms with van der Waals surface area (Å²) >= 11 is 0. The second-order valence-electron chi connectivity index (χ2n) is 5.62. The number of hydrogen-bond donors (Lipinski definition) is 1. The van der Waals surface area contributed by atoms with Gasteiger partial charge in [-0.2, -0.15) is 0 Å². The Morgan fingerprint density at radius 3 is 2.46 bits per heavy atom. The molecule has 5 heteroatoms. The molecule has 1 N–H and O–H groups in total. The predicted octanol–water partition coefficient (Wildman–Crippen LogP) is 2.53. The lowest BCUT2D eigenvalue weighted by molar-refractivity contribution is -0.140. The van der Waals surface area contributed by atoms with E-state index < -0.39 is 6.04 Å². The quantitative estimate of drug-likeness (QED) is 0.851. The Morgan fingerprint density at radius 1 is 1.12 bits per heavy atom. The summed E-state index contributed by atoms with van der Waals surface area (Å²) in [4.78, 5) is 30.4. The van der Waals surface area contributed by atoms with E-state index in [9.17, 15) is 9.59 Å². The minimum atomic E-state index is -0.533. The Labute approximate surface area is 142 Å². The van der Waals surface area contributed by atoms with Crippen LogP contribution in [0.4, 0.5) is 0 Å². The second-order valence-corrected chi connectivity index (χ2v) is 5.62. The van der Waals surface area contributed by atoms with Crippen molar-refractivity contribution in [2.45, 2.75) is 39.4 Å². The average Bonchev–Trinajstić information content (AvgIpc) is 2.64. The summed E-state index contributed by atoms with van der Waals surface area (Å²) in [5.74, 6) is -0.209. The Kier molecular flexibility index (Phi) is 6.49. The molecular formula is C19H23N3O2. The summed E-state index contributed by atoms with van der Waals surface area (Å²) in [5, 5.41) is 2.87. The number of pyridine rings is 1. The largest absolute Gasteiger partial charge is 0.350 e. The first kappa shape index (κ1) is 17.7. The minimum absolute atomic E-state index is 0.0390. The molecule has 2 amide bonds. The van der Waals surface area contributed by atoms with Crippen LogP contribution in [0, 0.1) is 0 Å². The van der Waals surface area contributed by atoms with Crippen molar-refractivity contribution in [1.29, 1.82) is 0 Å². The van der Waals surface area contributed by atoms with Crippen LogP contribution in [0.2, 0.25) is 0 Å². The third-order valence-corrected chi connectivity index (χ3v) is 3.86. The van der Waals surface area contributed by atoms with Gasteiger partial charge in [0.05, 0.1) is 0 Å². The molecular weight excluding hydrogens is 302 g/mol. The van der Waals surface area contributed by atoms with E-state index in [0.29, 0.717) is 19.5 Å². The monoisotopic (exact) mass is 325 g/mol. The predicted molar refractivity (Wildman–Crippen MR) is 92.8 cm³/mol. The van der Waals surface area contributed by atoms with E-state index in [-0.39, 0.29) is 11.8 Å². The van der Waals surface area contributed by atoms with E-state index in [4.69, 9.17) is 0 Å². The number of amides is 2. The maximum absolute atomic E-state index is 12.4. The van der Waals surface area contributed by atoms with Gasteiger partial charge in [-0.25, -0.2) is 0 Å². The molecule has 0 saturated heterocycles. The van der Waals surface area contributed by atoms with Gasteiger partial charge in [0.25, 0.3) is 0 Å². The van der Waals surface area contributed by atoms with Gasteiger partial charge in [-0.05, 0) is 24.1 Å². The van der Waals surface area contributed by atoms with Crippen LogP contribution in [0.1, 0.15) is 31.4 Å². The molecule has 1 aromatic heterocycles. The maximum atomic E-state index is 12.4. The van der Waals surface area contributed by atoms with Crippen molar-refractivity contribution < 1.29 is 9.59 Å². The zero-order chi connectivity index (χ0) is 17.4. The number of nitrogens with one attached hydrogen (secondary N) is 1. The van der Waals surface area contributed by atoms with E-state index in [1.807, 2.05) is 42.5 Å². The fourth-order valence-electron chi connectivity index (χ4n) is 2.41. The van der Waals surface area contributed by atoms with Crippen LogP contribution >= 0.6 is 0 Å². The van der Waals surface area contributed by atoms with Crippen molar-refractivity contribution in [1.82, 2.24) is 15.2 Å². The van der Waals surface area contributed by atoms with Crippen LogP contribution in [-0.4, -0.2) is 27.7 Å². The summed E-state index contributed by atoms with van der Waals surface area (Å²) in [6, 6.07) is 12.9. The van der Waals surface area contributed by atoms with E-state index in [1.165, 1.54) is 0 Å². The molecule has 0 bridgehead atoms. The molecule has 126 valence electrons. The molecule has 1 aromatic carbocycles. The first-order valence-corrected chi connectivity index (χ1v) is 8.11. The lowest BCUT2D eigenvalue weighted by atomic mass is 10.1. The normalized spacial score (nSPS) is 11.6. The summed E-state index contributed by atoms with van der Waals surface area (Å²) in [5.41, 5.74) is 1.93. The number of nitrogens with zero attached hydrogens (tertiary/aromatic N) is 2. The molecule has 0 aliphatic carbocycles. The second kappa shape index (κ2) is 8.82. The standard InChI is InChI=1S/C19H23N3O2/c1-3-18(23)22(14-16-8-5-4-6-9-16)15(2)19(24)21-13-17-10-7-11-20-12-17/h4-12,15H,3,13-14H2,1-2H3,(H,21,24)/t15-/m1/s1. The van der Waals surface area contributed by atoms with E-state index >= 15 is 0 Å². The van der Waals surface area contributed by atoms with Gasteiger partial charge in [0.2, 0.25) is 11.8 Å². The van der Waals surface area contributed by atoms with Gasteiger partial charge in [-0.15, -0.1) is 0 Å². The first-order valence-electron chi connectivity index (χ1n) is 8.11. The molecule has 24 heavy (non-hydrogen) atoms. The smallest absolute Gasteiger partial charge is 0.242 e. The topological polar surface area (TPSA) is 62.3 Å². The van der Waals surface area contributed by atoms with Gasteiger partial charge >= 0.3 is 0 Å². The molecule has 2 aromatic rings. The lowest BCUT2D eigenvalue weighted by Gasteiger charge is -2.28. The summed E-state index contributed by atoms with van der Waals surface area (Å²) < 4.78 is 0. The molecule has 0 aliphatic rings. The van der Waals surface area contributed by atoms with Gasteiger partial charge < -0.3 is 10.2 Å². The number of aromatic nitrogens is 1. The number of rotatable bonds is 7. The Morgan fingerprint density at radius 2 is 1.83 bits per heavy atom. The lowest BCUT2D eigenvalue weighted by Crippen LogP contribution is -2.47. The fourth-order valence-corrected chi connectivity index (χ4v) is 2.41. The Hall–Kier alpha value is -2.69. The molecule has 0 spiro atoms. The van der Waals surface area contributed by atoms with Gasteiger partial charge in [0.1, 0.15) is 6.04 Å². The number of benzene rings is 1. The number of carbonyl (C=O) groups excluding carboxylic acids is 2. The molecule has 1 heterocycles. The Bertz CT molecular complexity index is 659. The van der Waals surface area contributed by atoms with Crippen LogP contribution in [0.25, 0.3) is 0 Å². The molecule has 0 aliphatic heterocycles. The SMILES string of the molecule is CCC(=O)N(Cc1ccccc1)[C@H](C)C(=O)NCc1cccnc1. The van der Waals surface area contributed by atoms with Crippen molar-refractivity contribution in [3.8, 4) is 0 Å². The molecule has 0 saturated carbocycles. The third-order valence-electron chi connectivity index (χ3n) is 3.86. The van der Waals surface area contributed by atoms with Crippen LogP contribution in [0.15, 0.2) is 54.9 Å². The summed E-state index contributed by atoms with van der Waals surface area (Å²) in [6.07, 6.45) is 3.77. The van der Waals surface area contributed by atoms with Crippen molar-refractivity contribution in [3.63, 3.8) is 0 Å². The van der Waals surface area contributed by atoms with Crippen molar-refractivity contribution >= 4 is 11.8 Å². The highest BCUT2D eigenvalue weighted by molar-refractivity contribution is 5.87. The van der Waals surface area contributed by atoms with Crippen LogP contribution in [-0.2, 0) is 22.7 Å². The minimum Gasteiger partial charge on any atom is -0.350 e. The third kappa shape index (κ3) is 4.91. The summed E-state index contributed by atoms with van der Waals surface area (Å²) in [7, 11) is 0. The van der Waals surface area contributed by atoms with Gasteiger partial charge in [0.15, 0.2) is 0 Å².